The first-order valence-electron chi connectivity index (χ1n) is 8.91. The second-order valence-electron chi connectivity index (χ2n) is 6.11. The third kappa shape index (κ3) is 5.23. The Morgan fingerprint density at radius 3 is 2.86 bits per heavy atom. The number of thioether (sulfide) groups is 1. The predicted octanol–water partition coefficient (Wildman–Crippen LogP) is 4.46. The first-order valence-corrected chi connectivity index (χ1v) is 9.72. The number of amidine groups is 1. The molecule has 28 heavy (non-hydrogen) atoms. The number of hydrogen-bond acceptors (Lipinski definition) is 5. The van der Waals surface area contributed by atoms with Crippen LogP contribution in [0.1, 0.15) is 35.7 Å². The summed E-state index contributed by atoms with van der Waals surface area (Å²) in [5, 5.41) is 12.2. The molecule has 1 heterocycles. The lowest BCUT2D eigenvalue weighted by molar-refractivity contribution is -0.115. The van der Waals surface area contributed by atoms with Gasteiger partial charge in [-0.2, -0.15) is 0 Å². The topological polar surface area (TPSA) is 88.0 Å². The van der Waals surface area contributed by atoms with Crippen LogP contribution in [-0.4, -0.2) is 28.8 Å². The van der Waals surface area contributed by atoms with E-state index in [4.69, 9.17) is 9.84 Å². The van der Waals surface area contributed by atoms with E-state index < -0.39 is 5.97 Å². The van der Waals surface area contributed by atoms with Crippen molar-refractivity contribution in [2.75, 3.05) is 6.61 Å². The molecule has 1 aliphatic rings. The van der Waals surface area contributed by atoms with Gasteiger partial charge in [0.2, 0.25) is 0 Å². The molecule has 1 aliphatic heterocycles. The third-order valence-electron chi connectivity index (χ3n) is 3.90. The number of hydrogen-bond donors (Lipinski definition) is 2. The standard InChI is InChI=1S/C21H20N2O4S/c1-2-3-10-27-17-9-4-6-14(11-17)12-18-19(24)23-21(28-18)22-16-8-5-7-15(13-16)20(25)26/h4-9,11-13H,2-3,10H2,1H3,(H,25,26)(H,22,23,24)/b18-12+. The average molecular weight is 396 g/mol. The molecule has 3 rings (SSSR count). The van der Waals surface area contributed by atoms with Crippen LogP contribution in [0.4, 0.5) is 5.69 Å². The van der Waals surface area contributed by atoms with Crippen LogP contribution in [0.15, 0.2) is 58.4 Å². The van der Waals surface area contributed by atoms with Crippen LogP contribution >= 0.6 is 11.8 Å². The highest BCUT2D eigenvalue weighted by Gasteiger charge is 2.23. The number of benzene rings is 2. The van der Waals surface area contributed by atoms with Crippen molar-refractivity contribution in [3.63, 3.8) is 0 Å². The van der Waals surface area contributed by atoms with Gasteiger partial charge in [-0.25, -0.2) is 9.79 Å². The number of carboxylic acid groups (broad SMARTS) is 1. The summed E-state index contributed by atoms with van der Waals surface area (Å²) < 4.78 is 5.70. The number of amides is 1. The van der Waals surface area contributed by atoms with Gasteiger partial charge in [-0.3, -0.25) is 4.79 Å². The van der Waals surface area contributed by atoms with Crippen LogP contribution in [-0.2, 0) is 4.79 Å². The quantitative estimate of drug-likeness (QED) is 0.533. The van der Waals surface area contributed by atoms with Gasteiger partial charge >= 0.3 is 5.97 Å². The van der Waals surface area contributed by atoms with Gasteiger partial charge in [-0.15, -0.1) is 0 Å². The zero-order chi connectivity index (χ0) is 19.9. The number of rotatable bonds is 7. The fourth-order valence-electron chi connectivity index (χ4n) is 2.49. The summed E-state index contributed by atoms with van der Waals surface area (Å²) in [5.41, 5.74) is 1.47. The number of carboxylic acids is 1. The first-order chi connectivity index (χ1) is 13.5. The van der Waals surface area contributed by atoms with Gasteiger partial charge in [0, 0.05) is 0 Å². The number of nitrogens with zero attached hydrogens (tertiary/aromatic N) is 1. The lowest BCUT2D eigenvalue weighted by Gasteiger charge is -2.05. The minimum atomic E-state index is -1.02. The number of carbonyl (C=O) groups is 2. The van der Waals surface area contributed by atoms with Gasteiger partial charge < -0.3 is 15.2 Å². The summed E-state index contributed by atoms with van der Waals surface area (Å²) >= 11 is 1.21. The molecule has 2 aromatic rings. The molecule has 0 atom stereocenters. The van der Waals surface area contributed by atoms with Gasteiger partial charge in [0.1, 0.15) is 5.75 Å². The smallest absolute Gasteiger partial charge is 0.335 e. The summed E-state index contributed by atoms with van der Waals surface area (Å²) in [6.45, 7) is 2.77. The Hall–Kier alpha value is -3.06. The summed E-state index contributed by atoms with van der Waals surface area (Å²) in [6.07, 6.45) is 3.84. The van der Waals surface area contributed by atoms with Gasteiger partial charge in [0.15, 0.2) is 5.17 Å². The molecule has 2 N–H and O–H groups in total. The zero-order valence-electron chi connectivity index (χ0n) is 15.3. The lowest BCUT2D eigenvalue weighted by Crippen LogP contribution is -2.19. The number of aromatic carboxylic acids is 1. The molecule has 0 spiro atoms. The highest BCUT2D eigenvalue weighted by Crippen LogP contribution is 2.29. The van der Waals surface area contributed by atoms with Gasteiger partial charge in [0.25, 0.3) is 5.91 Å². The third-order valence-corrected chi connectivity index (χ3v) is 4.81. The lowest BCUT2D eigenvalue weighted by atomic mass is 10.2. The summed E-state index contributed by atoms with van der Waals surface area (Å²) in [4.78, 5) is 28.2. The Labute approximate surface area is 167 Å². The molecule has 0 bridgehead atoms. The molecule has 0 radical (unpaired) electrons. The number of ether oxygens (including phenoxy) is 1. The Morgan fingerprint density at radius 1 is 1.25 bits per heavy atom. The van der Waals surface area contributed by atoms with Crippen molar-refractivity contribution in [1.29, 1.82) is 0 Å². The first kappa shape index (κ1) is 19.7. The maximum atomic E-state index is 12.2. The van der Waals surface area contributed by atoms with Crippen LogP contribution in [0.5, 0.6) is 5.75 Å². The SMILES string of the molecule is CCCCOc1cccc(/C=C2/SC(=Nc3cccc(C(=O)O)c3)NC2=O)c1. The van der Waals surface area contributed by atoms with Crippen molar-refractivity contribution in [2.45, 2.75) is 19.8 Å². The van der Waals surface area contributed by atoms with E-state index in [9.17, 15) is 9.59 Å². The molecular weight excluding hydrogens is 376 g/mol. The monoisotopic (exact) mass is 396 g/mol. The Balaban J connectivity index is 1.74. The van der Waals surface area contributed by atoms with E-state index in [1.165, 1.54) is 23.9 Å². The van der Waals surface area contributed by atoms with E-state index in [0.29, 0.717) is 22.4 Å². The van der Waals surface area contributed by atoms with Crippen molar-refractivity contribution < 1.29 is 19.4 Å². The van der Waals surface area contributed by atoms with Crippen molar-refractivity contribution in [2.24, 2.45) is 4.99 Å². The number of aliphatic imine (C=N–C) groups is 1. The fraction of sp³-hybridized carbons (Fsp3) is 0.190. The number of carbonyl (C=O) groups excluding carboxylic acids is 1. The van der Waals surface area contributed by atoms with Gasteiger partial charge in [-0.1, -0.05) is 31.5 Å². The van der Waals surface area contributed by atoms with Crippen LogP contribution in [0.3, 0.4) is 0 Å². The average Bonchev–Trinajstić information content (AvgIpc) is 3.01. The van der Waals surface area contributed by atoms with Crippen LogP contribution in [0.2, 0.25) is 0 Å². The van der Waals surface area contributed by atoms with Crippen molar-refractivity contribution in [1.82, 2.24) is 5.32 Å². The van der Waals surface area contributed by atoms with E-state index >= 15 is 0 Å². The molecule has 1 fully saturated rings. The van der Waals surface area contributed by atoms with Gasteiger partial charge in [-0.05, 0) is 60.2 Å². The van der Waals surface area contributed by atoms with Crippen LogP contribution in [0, 0.1) is 0 Å². The Morgan fingerprint density at radius 2 is 2.07 bits per heavy atom. The van der Waals surface area contributed by atoms with E-state index in [0.717, 1.165) is 24.2 Å². The molecule has 2 aromatic carbocycles. The number of unbranched alkanes of at least 4 members (excludes halogenated alkanes) is 1. The van der Waals surface area contributed by atoms with E-state index in [-0.39, 0.29) is 11.5 Å². The Kier molecular flexibility index (Phi) is 6.49. The normalized spacial score (nSPS) is 16.4. The van der Waals surface area contributed by atoms with Crippen molar-refractivity contribution in [3.8, 4) is 5.75 Å². The maximum Gasteiger partial charge on any atom is 0.335 e. The van der Waals surface area contributed by atoms with Crippen LogP contribution in [0.25, 0.3) is 6.08 Å². The highest BCUT2D eigenvalue weighted by atomic mass is 32.2. The molecule has 144 valence electrons. The molecule has 6 nitrogen and oxygen atoms in total. The predicted molar refractivity (Wildman–Crippen MR) is 111 cm³/mol. The van der Waals surface area contributed by atoms with Crippen LogP contribution < -0.4 is 10.1 Å². The molecule has 0 aliphatic carbocycles. The van der Waals surface area contributed by atoms with E-state index in [1.807, 2.05) is 24.3 Å². The number of nitrogens with one attached hydrogen (secondary N) is 1. The molecule has 0 unspecified atom stereocenters. The minimum absolute atomic E-state index is 0.145. The van der Waals surface area contributed by atoms with E-state index in [1.54, 1.807) is 18.2 Å². The molecule has 1 saturated heterocycles. The van der Waals surface area contributed by atoms with Crippen molar-refractivity contribution in [3.05, 3.63) is 64.6 Å². The summed E-state index contributed by atoms with van der Waals surface area (Å²) in [5.74, 6) is -0.493. The molecular formula is C21H20N2O4S. The molecule has 1 amide bonds. The highest BCUT2D eigenvalue weighted by molar-refractivity contribution is 8.18. The molecule has 0 saturated carbocycles. The summed E-state index contributed by atoms with van der Waals surface area (Å²) in [7, 11) is 0. The minimum Gasteiger partial charge on any atom is -0.494 e. The maximum absolute atomic E-state index is 12.2. The van der Waals surface area contributed by atoms with Gasteiger partial charge in [0.05, 0.1) is 22.8 Å². The van der Waals surface area contributed by atoms with Crippen molar-refractivity contribution >= 4 is 40.6 Å². The molecule has 7 heteroatoms. The molecule has 0 aromatic heterocycles. The largest absolute Gasteiger partial charge is 0.494 e. The Bertz CT molecular complexity index is 953. The fourth-order valence-corrected chi connectivity index (χ4v) is 3.33. The second kappa shape index (κ2) is 9.23. The van der Waals surface area contributed by atoms with E-state index in [2.05, 4.69) is 17.2 Å². The summed E-state index contributed by atoms with van der Waals surface area (Å²) in [6, 6.07) is 13.8. The zero-order valence-corrected chi connectivity index (χ0v) is 16.2. The second-order valence-corrected chi connectivity index (χ2v) is 7.14.